The van der Waals surface area contributed by atoms with Gasteiger partial charge in [-0.3, -0.25) is 0 Å². The van der Waals surface area contributed by atoms with E-state index in [-0.39, 0.29) is 64.6 Å². The summed E-state index contributed by atoms with van der Waals surface area (Å²) in [5.41, 5.74) is 0. The molecule has 0 saturated carbocycles. The van der Waals surface area contributed by atoms with Crippen molar-refractivity contribution < 1.29 is 53.6 Å². The Hall–Kier alpha value is 1.88. The van der Waals surface area contributed by atoms with Crippen molar-refractivity contribution in [2.24, 2.45) is 0 Å². The van der Waals surface area contributed by atoms with Crippen LogP contribution in [0.4, 0.5) is 0 Å². The summed E-state index contributed by atoms with van der Waals surface area (Å²) in [4.78, 5) is 0. The Balaban J connectivity index is 0. The third-order valence-electron chi connectivity index (χ3n) is 0. The molecular formula is CuMnSiZn. The van der Waals surface area contributed by atoms with E-state index in [9.17, 15) is 0 Å². The van der Waals surface area contributed by atoms with Crippen LogP contribution in [-0.4, -0.2) is 11.0 Å². The molecule has 0 amide bonds. The molecule has 0 saturated heterocycles. The number of hydrogen-bond acceptors (Lipinski definition) is 0. The molecule has 0 nitrogen and oxygen atoms in total. The summed E-state index contributed by atoms with van der Waals surface area (Å²) in [5, 5.41) is 0. The predicted molar refractivity (Wildman–Crippen MR) is 5.75 cm³/mol. The molecule has 4 heavy (non-hydrogen) atoms. The average molecular weight is 212 g/mol. The smallest absolute Gasteiger partial charge is 0 e. The van der Waals surface area contributed by atoms with E-state index in [1.165, 1.54) is 0 Å². The van der Waals surface area contributed by atoms with Crippen molar-refractivity contribution in [1.29, 1.82) is 0 Å². The van der Waals surface area contributed by atoms with Crippen LogP contribution in [0.1, 0.15) is 0 Å². The van der Waals surface area contributed by atoms with E-state index < -0.39 is 0 Å². The van der Waals surface area contributed by atoms with Gasteiger partial charge in [0, 0.05) is 64.6 Å². The maximum Gasteiger partial charge on any atom is 0 e. The van der Waals surface area contributed by atoms with E-state index in [2.05, 4.69) is 0 Å². The van der Waals surface area contributed by atoms with Crippen LogP contribution in [0.15, 0.2) is 0 Å². The Morgan fingerprint density at radius 2 is 1.00 bits per heavy atom. The Morgan fingerprint density at radius 1 is 1.00 bits per heavy atom. The van der Waals surface area contributed by atoms with Gasteiger partial charge < -0.3 is 0 Å². The second-order valence-corrected chi connectivity index (χ2v) is 0. The normalized spacial score (nSPS) is 0. The molecule has 0 rings (SSSR count). The summed E-state index contributed by atoms with van der Waals surface area (Å²) < 4.78 is 0. The molecular weight excluding hydrogens is 212 g/mol. The molecule has 0 fully saturated rings. The van der Waals surface area contributed by atoms with Crippen molar-refractivity contribution in [2.75, 3.05) is 0 Å². The van der Waals surface area contributed by atoms with Crippen LogP contribution < -0.4 is 0 Å². The molecule has 0 atom stereocenters. The van der Waals surface area contributed by atoms with Crippen molar-refractivity contribution in [3.05, 3.63) is 0 Å². The fraction of sp³-hybridized carbons (Fsp3) is 0. The van der Waals surface area contributed by atoms with Gasteiger partial charge in [-0.25, -0.2) is 0 Å². The summed E-state index contributed by atoms with van der Waals surface area (Å²) in [6.07, 6.45) is 0. The molecule has 0 heterocycles. The molecule has 0 bridgehead atoms. The monoisotopic (exact) mass is 210 g/mol. The maximum atomic E-state index is 0. The molecule has 6 radical (unpaired) electrons. The molecule has 0 N–H and O–H groups in total. The Bertz CT molecular complexity index is 8.00. The quantitative estimate of drug-likeness (QED) is 0.480. The standard InChI is InChI=1S/Cu.Mn.Si.Zn. The summed E-state index contributed by atoms with van der Waals surface area (Å²) in [7, 11) is 0. The molecule has 0 aliphatic heterocycles. The molecule has 0 aromatic heterocycles. The van der Waals surface area contributed by atoms with Crippen LogP contribution in [0, 0.1) is 0 Å². The van der Waals surface area contributed by atoms with Crippen LogP contribution in [0.5, 0.6) is 0 Å². The van der Waals surface area contributed by atoms with Crippen LogP contribution >= 0.6 is 0 Å². The van der Waals surface area contributed by atoms with E-state index in [4.69, 9.17) is 0 Å². The van der Waals surface area contributed by atoms with Gasteiger partial charge in [-0.15, -0.1) is 0 Å². The number of rotatable bonds is 0. The van der Waals surface area contributed by atoms with Crippen molar-refractivity contribution in [2.45, 2.75) is 0 Å². The zero-order valence-electron chi connectivity index (χ0n) is 1.89. The van der Waals surface area contributed by atoms with E-state index in [0.29, 0.717) is 0 Å². The van der Waals surface area contributed by atoms with Crippen molar-refractivity contribution in [3.8, 4) is 0 Å². The predicted octanol–water partition coefficient (Wildman–Crippen LogP) is -0.388. The van der Waals surface area contributed by atoms with Gasteiger partial charge in [0.1, 0.15) is 0 Å². The Kier molecular flexibility index (Phi) is 206. The van der Waals surface area contributed by atoms with Crippen LogP contribution in [-0.2, 0) is 53.6 Å². The Labute approximate surface area is 64.2 Å². The van der Waals surface area contributed by atoms with Gasteiger partial charge in [0.2, 0.25) is 0 Å². The van der Waals surface area contributed by atoms with Crippen molar-refractivity contribution in [1.82, 2.24) is 0 Å². The summed E-state index contributed by atoms with van der Waals surface area (Å²) in [5.74, 6) is 0. The summed E-state index contributed by atoms with van der Waals surface area (Å²) >= 11 is 0. The van der Waals surface area contributed by atoms with E-state index in [0.717, 1.165) is 0 Å². The minimum absolute atomic E-state index is 0. The molecule has 0 aliphatic carbocycles. The first-order valence-electron chi connectivity index (χ1n) is 0. The summed E-state index contributed by atoms with van der Waals surface area (Å²) in [6, 6.07) is 0. The van der Waals surface area contributed by atoms with Gasteiger partial charge in [0.25, 0.3) is 0 Å². The minimum atomic E-state index is 0. The SMILES string of the molecule is [Cu].[Mn].[Si].[Zn]. The Morgan fingerprint density at radius 3 is 1.00 bits per heavy atom. The maximum absolute atomic E-state index is 0. The van der Waals surface area contributed by atoms with Gasteiger partial charge in [-0.05, 0) is 0 Å². The van der Waals surface area contributed by atoms with Gasteiger partial charge in [0.15, 0.2) is 0 Å². The van der Waals surface area contributed by atoms with Gasteiger partial charge >= 0.3 is 0 Å². The average Bonchev–Trinajstić information content (AvgIpc) is 0. The third kappa shape index (κ3) is 9.11. The fourth-order valence-corrected chi connectivity index (χ4v) is 0. The largest absolute Gasteiger partial charge is 0 e. The summed E-state index contributed by atoms with van der Waals surface area (Å²) in [6.45, 7) is 0. The zero-order valence-corrected chi connectivity index (χ0v) is 7.98. The zero-order chi connectivity index (χ0) is 0. The first-order valence-corrected chi connectivity index (χ1v) is 0. The van der Waals surface area contributed by atoms with Gasteiger partial charge in [0.05, 0.1) is 0 Å². The molecule has 0 aromatic carbocycles. The molecule has 0 unspecified atom stereocenters. The van der Waals surface area contributed by atoms with Gasteiger partial charge in [-0.1, -0.05) is 0 Å². The molecule has 0 aromatic rings. The van der Waals surface area contributed by atoms with E-state index in [1.807, 2.05) is 0 Å². The first-order chi connectivity index (χ1) is 0. The first kappa shape index (κ1) is 39.6. The topological polar surface area (TPSA) is 0 Å². The molecule has 24 valence electrons. The second-order valence-electron chi connectivity index (χ2n) is 0. The third-order valence-corrected chi connectivity index (χ3v) is 0. The minimum Gasteiger partial charge on any atom is 0 e. The fourth-order valence-electron chi connectivity index (χ4n) is 0. The van der Waals surface area contributed by atoms with Gasteiger partial charge in [-0.2, -0.15) is 0 Å². The number of hydrogen-bond donors (Lipinski definition) is 0. The van der Waals surface area contributed by atoms with Crippen LogP contribution in [0.25, 0.3) is 0 Å². The molecule has 0 spiro atoms. The van der Waals surface area contributed by atoms with Crippen molar-refractivity contribution >= 4 is 11.0 Å². The van der Waals surface area contributed by atoms with E-state index >= 15 is 0 Å². The second kappa shape index (κ2) is 20.8. The van der Waals surface area contributed by atoms with Crippen LogP contribution in [0.3, 0.4) is 0 Å². The van der Waals surface area contributed by atoms with Crippen molar-refractivity contribution in [3.63, 3.8) is 0 Å². The molecule has 0 aliphatic rings. The molecule has 4 heteroatoms. The van der Waals surface area contributed by atoms with Crippen LogP contribution in [0.2, 0.25) is 0 Å². The van der Waals surface area contributed by atoms with E-state index in [1.54, 1.807) is 0 Å².